The summed E-state index contributed by atoms with van der Waals surface area (Å²) in [5.74, 6) is -9.53. The van der Waals surface area contributed by atoms with Crippen molar-refractivity contribution in [3.8, 4) is 28.7 Å². The number of pyridine rings is 1. The van der Waals surface area contributed by atoms with Gasteiger partial charge in [-0.3, -0.25) is 33.7 Å². The average molecular weight is 1270 g/mol. The minimum Gasteiger partial charge on any atom is -0.404 e. The molecule has 2 aliphatic carbocycles. The average Bonchev–Trinajstić information content (AvgIpc) is 1.56. The van der Waals surface area contributed by atoms with Crippen LogP contribution in [-0.2, 0) is 77.5 Å². The number of fused-ring (bicyclic) bond motifs is 4. The molecule has 8 rings (SSSR count). The predicted octanol–water partition coefficient (Wildman–Crippen LogP) is 10.2. The van der Waals surface area contributed by atoms with Gasteiger partial charge in [-0.1, -0.05) is 55.5 Å². The zero-order chi connectivity index (χ0) is 62.6. The third-order valence-corrected chi connectivity index (χ3v) is 18.4. The van der Waals surface area contributed by atoms with E-state index in [1.54, 1.807) is 13.0 Å². The molecule has 3 aromatic heterocycles. The van der Waals surface area contributed by atoms with E-state index in [0.29, 0.717) is 23.4 Å². The van der Waals surface area contributed by atoms with E-state index in [1.807, 2.05) is 0 Å². The standard InChI is InChI=1S/C53H51ClF10N7O10PS2/c1-26-17-27(2)43(38(18-26)81-82(74,75)76)49(3,4)23-40(73)71(84(8,79)80)48-42-36(54)14-12-33(45(42)70(68-48)25-51(57,58)59)32-10-9-31(15-16-50(5,6)83(7,77)78)65-44(32)37(21-28-19-29(55)22-30(56)20-28)66-39(72)24-69-47-41(46(67-69)53(62,63)64)34-11-13-35(34)52(47,60)61/h9-10,12,14,17-20,22,34-35,37H,15-16,21,23-25H2,1-8H3,(H,66,72)(H2,74,75,76)/t34-,35+,37-/m0/s1. The Labute approximate surface area is 478 Å². The molecule has 3 atom stereocenters. The van der Waals surface area contributed by atoms with Crippen molar-refractivity contribution in [2.24, 2.45) is 5.92 Å². The fourth-order valence-corrected chi connectivity index (χ4v) is 12.6. The fraction of sp³-hybridized carbons (Fsp3) is 0.415. The molecular weight excluding hydrogens is 1220 g/mol. The topological polar surface area (TPSA) is 233 Å². The number of sulfone groups is 1. The van der Waals surface area contributed by atoms with E-state index < -0.39 is 168 Å². The predicted molar refractivity (Wildman–Crippen MR) is 286 cm³/mol. The Morgan fingerprint density at radius 2 is 1.54 bits per heavy atom. The van der Waals surface area contributed by atoms with Crippen LogP contribution in [0.15, 0.2) is 54.6 Å². The highest BCUT2D eigenvalue weighted by Gasteiger charge is 2.62. The molecule has 2 amide bonds. The first-order valence-electron chi connectivity index (χ1n) is 25.1. The second-order valence-corrected chi connectivity index (χ2v) is 28.0. The van der Waals surface area contributed by atoms with E-state index in [1.165, 1.54) is 52.8 Å². The smallest absolute Gasteiger partial charge is 0.404 e. The van der Waals surface area contributed by atoms with Crippen molar-refractivity contribution in [3.63, 3.8) is 0 Å². The van der Waals surface area contributed by atoms with Crippen LogP contribution in [0.25, 0.3) is 22.0 Å². The Balaban J connectivity index is 1.34. The van der Waals surface area contributed by atoms with Gasteiger partial charge in [-0.15, -0.1) is 0 Å². The first-order valence-corrected chi connectivity index (χ1v) is 30.7. The lowest BCUT2D eigenvalue weighted by molar-refractivity contribution is -0.143. The monoisotopic (exact) mass is 1270 g/mol. The first kappa shape index (κ1) is 63.5. The number of hydrogen-bond acceptors (Lipinski definition) is 11. The summed E-state index contributed by atoms with van der Waals surface area (Å²) in [5.41, 5.74) is -6.77. The second-order valence-electron chi connectivity index (χ2n) is 21.9. The Bertz CT molecular complexity index is 4040. The highest BCUT2D eigenvalue weighted by molar-refractivity contribution is 7.93. The summed E-state index contributed by atoms with van der Waals surface area (Å²) in [6, 6.07) is 7.80. The minimum absolute atomic E-state index is 0.00861. The maximum Gasteiger partial charge on any atom is 0.524 e. The van der Waals surface area contributed by atoms with Crippen molar-refractivity contribution < 1.29 is 89.2 Å². The van der Waals surface area contributed by atoms with Gasteiger partial charge in [0.15, 0.2) is 21.3 Å². The molecule has 84 heavy (non-hydrogen) atoms. The molecule has 0 spiro atoms. The van der Waals surface area contributed by atoms with E-state index in [-0.39, 0.29) is 60.2 Å². The molecule has 2 aliphatic rings. The molecular formula is C53H51ClF10N7O10PS2. The van der Waals surface area contributed by atoms with Crippen LogP contribution in [0.4, 0.5) is 49.7 Å². The fourth-order valence-electron chi connectivity index (χ4n) is 10.6. The summed E-state index contributed by atoms with van der Waals surface area (Å²) in [6.07, 6.45) is -11.0. The van der Waals surface area contributed by atoms with Crippen LogP contribution >= 0.6 is 19.4 Å². The van der Waals surface area contributed by atoms with Gasteiger partial charge in [-0.05, 0) is 94.0 Å². The lowest BCUT2D eigenvalue weighted by Gasteiger charge is -2.31. The van der Waals surface area contributed by atoms with Gasteiger partial charge in [0.25, 0.3) is 0 Å². The van der Waals surface area contributed by atoms with Crippen molar-refractivity contribution in [1.82, 2.24) is 29.9 Å². The van der Waals surface area contributed by atoms with Crippen LogP contribution in [-0.4, -0.2) is 86.4 Å². The molecule has 3 aromatic carbocycles. The summed E-state index contributed by atoms with van der Waals surface area (Å²) in [6.45, 7) is 5.25. The highest BCUT2D eigenvalue weighted by Crippen LogP contribution is 2.58. The third-order valence-electron chi connectivity index (χ3n) is 14.4. The van der Waals surface area contributed by atoms with E-state index in [2.05, 4.69) is 27.4 Å². The molecule has 17 nitrogen and oxygen atoms in total. The number of anilines is 1. The van der Waals surface area contributed by atoms with Crippen molar-refractivity contribution >= 4 is 67.8 Å². The Morgan fingerprint density at radius 3 is 2.10 bits per heavy atom. The van der Waals surface area contributed by atoms with Gasteiger partial charge in [0.1, 0.15) is 42.1 Å². The lowest BCUT2D eigenvalue weighted by Crippen LogP contribution is -2.40. The SMILES string of the molecule is Cc1cc(C)c(C(C)(C)CC(=O)N(c2nn(CC(F)(F)F)c3c(-c4ccc(CCC(C)(C)S(C)(=O)=O)nc4[C@H](Cc4cc(F)cc(F)c4)NC(=O)Cn4nc(C(F)(F)F)c5c4C(F)(F)[C@@H]4C#C[C@H]54)ccc(Cl)c23)S(C)(=O)=O)c(OP(=O)(O)O)c1. The number of hydrogen-bond donors (Lipinski definition) is 3. The van der Waals surface area contributed by atoms with Crippen LogP contribution in [0.2, 0.25) is 5.02 Å². The Morgan fingerprint density at radius 1 is 0.905 bits per heavy atom. The molecule has 0 radical (unpaired) electrons. The molecule has 6 aromatic rings. The van der Waals surface area contributed by atoms with Crippen LogP contribution < -0.4 is 14.1 Å². The van der Waals surface area contributed by atoms with Gasteiger partial charge >= 0.3 is 26.1 Å². The number of phosphoric ester groups is 1. The van der Waals surface area contributed by atoms with Gasteiger partial charge in [0.05, 0.1) is 44.6 Å². The molecule has 0 aliphatic heterocycles. The minimum atomic E-state index is -5.32. The largest absolute Gasteiger partial charge is 0.524 e. The molecule has 31 heteroatoms. The summed E-state index contributed by atoms with van der Waals surface area (Å²) in [4.78, 5) is 53.5. The van der Waals surface area contributed by atoms with Crippen LogP contribution in [0.3, 0.4) is 0 Å². The maximum atomic E-state index is 15.9. The van der Waals surface area contributed by atoms with Crippen molar-refractivity contribution in [2.75, 3.05) is 16.8 Å². The van der Waals surface area contributed by atoms with Crippen molar-refractivity contribution in [1.29, 1.82) is 0 Å². The molecule has 0 fully saturated rings. The number of carbonyl (C=O) groups excluding carboxylic acids is 2. The molecule has 3 N–H and O–H groups in total. The van der Waals surface area contributed by atoms with E-state index in [9.17, 15) is 67.1 Å². The number of sulfonamides is 1. The molecule has 0 unspecified atom stereocenters. The zero-order valence-electron chi connectivity index (χ0n) is 45.4. The molecule has 0 bridgehead atoms. The molecule has 3 heterocycles. The van der Waals surface area contributed by atoms with E-state index >= 15 is 17.6 Å². The van der Waals surface area contributed by atoms with Crippen LogP contribution in [0, 0.1) is 43.2 Å². The normalized spacial score (nSPS) is 16.6. The molecule has 452 valence electrons. The second kappa shape index (κ2) is 21.7. The number of benzene rings is 3. The van der Waals surface area contributed by atoms with Crippen LogP contribution in [0.1, 0.15) is 103 Å². The third kappa shape index (κ3) is 12.8. The van der Waals surface area contributed by atoms with Gasteiger partial charge in [-0.2, -0.15) is 49.6 Å². The van der Waals surface area contributed by atoms with E-state index in [4.69, 9.17) is 21.1 Å². The van der Waals surface area contributed by atoms with Crippen molar-refractivity contribution in [3.05, 3.63) is 122 Å². The van der Waals surface area contributed by atoms with Gasteiger partial charge in [0.2, 0.25) is 21.8 Å². The number of halogens is 11. The quantitative estimate of drug-likeness (QED) is 0.0390. The summed E-state index contributed by atoms with van der Waals surface area (Å²) in [7, 11) is -14.0. The van der Waals surface area contributed by atoms with Gasteiger partial charge in [-0.25, -0.2) is 30.2 Å². The van der Waals surface area contributed by atoms with E-state index in [0.717, 1.165) is 30.5 Å². The van der Waals surface area contributed by atoms with Crippen molar-refractivity contribution in [2.45, 2.75) is 121 Å². The Hall–Kier alpha value is -6.57. The number of rotatable bonds is 19. The number of nitrogens with one attached hydrogen (secondary N) is 1. The summed E-state index contributed by atoms with van der Waals surface area (Å²) in [5, 5.41) is 8.75. The lowest BCUT2D eigenvalue weighted by atomic mass is 9.78. The van der Waals surface area contributed by atoms with Crippen LogP contribution in [0.5, 0.6) is 5.75 Å². The molecule has 0 saturated heterocycles. The number of alkyl halides is 8. The summed E-state index contributed by atoms with van der Waals surface area (Å²) < 4.78 is 220. The number of aromatic nitrogens is 5. The van der Waals surface area contributed by atoms with Gasteiger partial charge < -0.3 is 9.84 Å². The number of aryl methyl sites for hydroxylation is 3. The first-order chi connectivity index (χ1) is 38.4. The number of carbonyl (C=O) groups is 2. The number of phosphoric acid groups is 1. The van der Waals surface area contributed by atoms with Gasteiger partial charge in [0, 0.05) is 52.1 Å². The highest BCUT2D eigenvalue weighted by atomic mass is 35.5. The molecule has 0 saturated carbocycles. The maximum absolute atomic E-state index is 15.9. The number of amides is 2. The number of nitrogens with zero attached hydrogens (tertiary/aromatic N) is 6. The Kier molecular flexibility index (Phi) is 16.4. The zero-order valence-corrected chi connectivity index (χ0v) is 48.7. The summed E-state index contributed by atoms with van der Waals surface area (Å²) >= 11 is 6.80.